The maximum atomic E-state index is 5.79. The molecule has 1 heteroatoms. The van der Waals surface area contributed by atoms with Crippen LogP contribution in [-0.2, 0) is 4.74 Å². The van der Waals surface area contributed by atoms with Crippen molar-refractivity contribution in [3.05, 3.63) is 0 Å². The van der Waals surface area contributed by atoms with Gasteiger partial charge in [-0.1, -0.05) is 12.8 Å². The molecule has 1 nitrogen and oxygen atoms in total. The van der Waals surface area contributed by atoms with Crippen molar-refractivity contribution in [3.8, 4) is 0 Å². The summed E-state index contributed by atoms with van der Waals surface area (Å²) in [4.78, 5) is 0. The van der Waals surface area contributed by atoms with Gasteiger partial charge in [-0.3, -0.25) is 0 Å². The van der Waals surface area contributed by atoms with Crippen molar-refractivity contribution < 1.29 is 4.74 Å². The van der Waals surface area contributed by atoms with Crippen LogP contribution in [-0.4, -0.2) is 12.7 Å². The number of hydrogen-bond acceptors (Lipinski definition) is 1. The van der Waals surface area contributed by atoms with Crippen LogP contribution in [0.3, 0.4) is 0 Å². The second kappa shape index (κ2) is 2.01. The van der Waals surface area contributed by atoms with E-state index in [0.29, 0.717) is 11.5 Å². The molecule has 11 heavy (non-hydrogen) atoms. The molecule has 0 N–H and O–H groups in total. The molecule has 3 rings (SSSR count). The minimum atomic E-state index is 0.696. The first kappa shape index (κ1) is 6.47. The zero-order chi connectivity index (χ0) is 7.31. The summed E-state index contributed by atoms with van der Waals surface area (Å²) in [5.41, 5.74) is 0.696. The lowest BCUT2D eigenvalue weighted by atomic mass is 9.58. The smallest absolute Gasteiger partial charge is 0.0660 e. The molecular weight excluding hydrogens is 136 g/mol. The van der Waals surface area contributed by atoms with Crippen LogP contribution >= 0.6 is 0 Å². The third-order valence-electron chi connectivity index (χ3n) is 4.09. The van der Waals surface area contributed by atoms with Gasteiger partial charge in [-0.05, 0) is 37.0 Å². The van der Waals surface area contributed by atoms with Gasteiger partial charge in [-0.2, -0.15) is 0 Å². The molecule has 0 aromatic heterocycles. The minimum Gasteiger partial charge on any atom is -0.377 e. The second-order valence-corrected chi connectivity index (χ2v) is 4.61. The molecule has 1 aliphatic heterocycles. The van der Waals surface area contributed by atoms with Crippen molar-refractivity contribution in [2.75, 3.05) is 6.61 Å². The minimum absolute atomic E-state index is 0.696. The van der Waals surface area contributed by atoms with E-state index < -0.39 is 0 Å². The Balaban J connectivity index is 1.81. The lowest BCUT2D eigenvalue weighted by molar-refractivity contribution is -0.0990. The number of ether oxygens (including phenoxy) is 1. The van der Waals surface area contributed by atoms with E-state index >= 15 is 0 Å². The average molecular weight is 152 g/mol. The Labute approximate surface area is 68.1 Å². The zero-order valence-electron chi connectivity index (χ0n) is 7.01. The summed E-state index contributed by atoms with van der Waals surface area (Å²) >= 11 is 0. The Morgan fingerprint density at radius 1 is 1.18 bits per heavy atom. The third kappa shape index (κ3) is 0.703. The molecule has 0 radical (unpaired) electrons. The van der Waals surface area contributed by atoms with Crippen LogP contribution in [0.1, 0.15) is 38.5 Å². The molecule has 3 fully saturated rings. The summed E-state index contributed by atoms with van der Waals surface area (Å²) in [6, 6.07) is 0. The predicted octanol–water partition coefficient (Wildman–Crippen LogP) is 2.36. The molecule has 62 valence electrons. The average Bonchev–Trinajstić information content (AvgIpc) is 2.52. The van der Waals surface area contributed by atoms with Crippen molar-refractivity contribution in [3.63, 3.8) is 0 Å². The number of rotatable bonds is 0. The van der Waals surface area contributed by atoms with Crippen molar-refractivity contribution in [1.82, 2.24) is 0 Å². The Hall–Kier alpha value is -0.0400. The van der Waals surface area contributed by atoms with Crippen LogP contribution in [0.4, 0.5) is 0 Å². The first-order valence-electron chi connectivity index (χ1n) is 5.02. The summed E-state index contributed by atoms with van der Waals surface area (Å²) in [6.45, 7) is 1.05. The van der Waals surface area contributed by atoms with Crippen molar-refractivity contribution in [2.45, 2.75) is 44.6 Å². The van der Waals surface area contributed by atoms with E-state index in [1.54, 1.807) is 0 Å². The van der Waals surface area contributed by atoms with Crippen LogP contribution in [0.25, 0.3) is 0 Å². The van der Waals surface area contributed by atoms with Crippen molar-refractivity contribution >= 4 is 0 Å². The quantitative estimate of drug-likeness (QED) is 0.517. The summed E-state index contributed by atoms with van der Waals surface area (Å²) in [7, 11) is 0. The maximum absolute atomic E-state index is 5.79. The largest absolute Gasteiger partial charge is 0.377 e. The summed E-state index contributed by atoms with van der Waals surface area (Å²) in [5.74, 6) is 0.966. The van der Waals surface area contributed by atoms with Gasteiger partial charge < -0.3 is 4.74 Å². The molecule has 2 unspecified atom stereocenters. The highest BCUT2D eigenvalue weighted by Gasteiger charge is 2.57. The fourth-order valence-corrected chi connectivity index (χ4v) is 3.57. The van der Waals surface area contributed by atoms with E-state index in [9.17, 15) is 0 Å². The second-order valence-electron chi connectivity index (χ2n) is 4.61. The highest BCUT2D eigenvalue weighted by atomic mass is 16.5. The SMILES string of the molecule is C1CCC2(C1)CC1CCOC12. The van der Waals surface area contributed by atoms with Gasteiger partial charge in [-0.15, -0.1) is 0 Å². The molecule has 1 saturated heterocycles. The van der Waals surface area contributed by atoms with Gasteiger partial charge in [0, 0.05) is 6.61 Å². The summed E-state index contributed by atoms with van der Waals surface area (Å²) < 4.78 is 5.79. The molecule has 0 aromatic carbocycles. The van der Waals surface area contributed by atoms with Crippen LogP contribution in [0, 0.1) is 11.3 Å². The predicted molar refractivity (Wildman–Crippen MR) is 43.4 cm³/mol. The maximum Gasteiger partial charge on any atom is 0.0660 e. The fraction of sp³-hybridized carbons (Fsp3) is 1.00. The van der Waals surface area contributed by atoms with E-state index in [-0.39, 0.29) is 0 Å². The van der Waals surface area contributed by atoms with E-state index in [2.05, 4.69) is 0 Å². The molecule has 0 aromatic rings. The lowest BCUT2D eigenvalue weighted by Gasteiger charge is -2.49. The van der Waals surface area contributed by atoms with Crippen LogP contribution in [0.15, 0.2) is 0 Å². The highest BCUT2D eigenvalue weighted by Crippen LogP contribution is 2.60. The topological polar surface area (TPSA) is 9.23 Å². The van der Waals surface area contributed by atoms with Gasteiger partial charge >= 0.3 is 0 Å². The molecule has 0 bridgehead atoms. The monoisotopic (exact) mass is 152 g/mol. The Morgan fingerprint density at radius 2 is 2.00 bits per heavy atom. The van der Waals surface area contributed by atoms with Gasteiger partial charge in [0.25, 0.3) is 0 Å². The molecule has 3 aliphatic rings. The van der Waals surface area contributed by atoms with Crippen LogP contribution in [0.5, 0.6) is 0 Å². The molecule has 1 heterocycles. The lowest BCUT2D eigenvalue weighted by Crippen LogP contribution is -2.48. The zero-order valence-corrected chi connectivity index (χ0v) is 7.01. The molecular formula is C10H16O. The standard InChI is InChI=1S/C10H16O/c1-2-5-10(4-1)7-8-3-6-11-9(8)10/h8-9H,1-7H2. The van der Waals surface area contributed by atoms with Gasteiger partial charge in [0.15, 0.2) is 0 Å². The molecule has 0 amide bonds. The summed E-state index contributed by atoms with van der Waals surface area (Å²) in [6.07, 6.45) is 9.41. The first-order valence-corrected chi connectivity index (χ1v) is 5.02. The van der Waals surface area contributed by atoms with Gasteiger partial charge in [0.05, 0.1) is 6.10 Å². The van der Waals surface area contributed by atoms with Gasteiger partial charge in [0.2, 0.25) is 0 Å². The third-order valence-corrected chi connectivity index (χ3v) is 4.09. The van der Waals surface area contributed by atoms with Crippen LogP contribution < -0.4 is 0 Å². The molecule has 2 saturated carbocycles. The van der Waals surface area contributed by atoms with Gasteiger partial charge in [0.1, 0.15) is 0 Å². The van der Waals surface area contributed by atoms with E-state index in [1.165, 1.54) is 38.5 Å². The van der Waals surface area contributed by atoms with E-state index in [4.69, 9.17) is 4.74 Å². The van der Waals surface area contributed by atoms with Gasteiger partial charge in [-0.25, -0.2) is 0 Å². The first-order chi connectivity index (χ1) is 5.41. The Kier molecular flexibility index (Phi) is 1.18. The Morgan fingerprint density at radius 3 is 2.73 bits per heavy atom. The highest BCUT2D eigenvalue weighted by molar-refractivity contribution is 5.06. The van der Waals surface area contributed by atoms with E-state index in [0.717, 1.165) is 12.5 Å². The van der Waals surface area contributed by atoms with Crippen molar-refractivity contribution in [2.24, 2.45) is 11.3 Å². The Bertz CT molecular complexity index is 170. The van der Waals surface area contributed by atoms with E-state index in [1.807, 2.05) is 0 Å². The fourth-order valence-electron chi connectivity index (χ4n) is 3.57. The normalized spacial score (nSPS) is 45.8. The number of hydrogen-bond donors (Lipinski definition) is 0. The van der Waals surface area contributed by atoms with Crippen LogP contribution in [0.2, 0.25) is 0 Å². The molecule has 1 spiro atoms. The van der Waals surface area contributed by atoms with Crippen molar-refractivity contribution in [1.29, 1.82) is 0 Å². The number of fused-ring (bicyclic) bond motifs is 2. The molecule has 2 aliphatic carbocycles. The molecule has 2 atom stereocenters. The summed E-state index contributed by atoms with van der Waals surface area (Å²) in [5, 5.41) is 0.